The standard InChI is InChI=1S/C16H14BrNO/c1-11(2)12-4-3-5-15(8-12)19-16-9-14(17)7-6-13(16)10-18/h3-9,11H,1-2H3. The Morgan fingerprint density at radius 1 is 1.16 bits per heavy atom. The summed E-state index contributed by atoms with van der Waals surface area (Å²) >= 11 is 3.39. The maximum absolute atomic E-state index is 9.08. The van der Waals surface area contributed by atoms with Crippen molar-refractivity contribution in [2.45, 2.75) is 19.8 Å². The Bertz CT molecular complexity index is 629. The Kier molecular flexibility index (Phi) is 4.24. The van der Waals surface area contributed by atoms with Crippen LogP contribution in [0.4, 0.5) is 0 Å². The smallest absolute Gasteiger partial charge is 0.146 e. The van der Waals surface area contributed by atoms with E-state index in [1.807, 2.05) is 24.3 Å². The van der Waals surface area contributed by atoms with Crippen LogP contribution < -0.4 is 4.74 Å². The van der Waals surface area contributed by atoms with Gasteiger partial charge in [-0.1, -0.05) is 41.9 Å². The van der Waals surface area contributed by atoms with E-state index in [2.05, 4.69) is 41.9 Å². The summed E-state index contributed by atoms with van der Waals surface area (Å²) in [6.45, 7) is 4.28. The molecule has 0 aliphatic heterocycles. The van der Waals surface area contributed by atoms with E-state index in [1.54, 1.807) is 12.1 Å². The van der Waals surface area contributed by atoms with Crippen LogP contribution in [0, 0.1) is 11.3 Å². The van der Waals surface area contributed by atoms with Gasteiger partial charge in [0.1, 0.15) is 17.6 Å². The molecule has 2 aromatic rings. The Hall–Kier alpha value is -1.79. The third kappa shape index (κ3) is 3.36. The first-order valence-corrected chi connectivity index (χ1v) is 6.87. The van der Waals surface area contributed by atoms with Gasteiger partial charge in [-0.3, -0.25) is 0 Å². The van der Waals surface area contributed by atoms with E-state index >= 15 is 0 Å². The Labute approximate surface area is 121 Å². The summed E-state index contributed by atoms with van der Waals surface area (Å²) in [7, 11) is 0. The van der Waals surface area contributed by atoms with Crippen LogP contribution in [0.5, 0.6) is 11.5 Å². The number of nitrogens with zero attached hydrogens (tertiary/aromatic N) is 1. The number of ether oxygens (including phenoxy) is 1. The van der Waals surface area contributed by atoms with Crippen molar-refractivity contribution in [1.29, 1.82) is 5.26 Å². The number of halogens is 1. The molecule has 19 heavy (non-hydrogen) atoms. The number of rotatable bonds is 3. The van der Waals surface area contributed by atoms with Crippen molar-refractivity contribution in [1.82, 2.24) is 0 Å². The van der Waals surface area contributed by atoms with Crippen molar-refractivity contribution in [3.63, 3.8) is 0 Å². The highest BCUT2D eigenvalue weighted by Crippen LogP contribution is 2.29. The molecule has 0 saturated carbocycles. The van der Waals surface area contributed by atoms with Crippen LogP contribution in [0.25, 0.3) is 0 Å². The van der Waals surface area contributed by atoms with Crippen molar-refractivity contribution in [2.75, 3.05) is 0 Å². The van der Waals surface area contributed by atoms with E-state index in [0.29, 0.717) is 17.2 Å². The van der Waals surface area contributed by atoms with Crippen LogP contribution in [-0.4, -0.2) is 0 Å². The summed E-state index contributed by atoms with van der Waals surface area (Å²) in [5.74, 6) is 1.76. The second kappa shape index (κ2) is 5.90. The number of nitriles is 1. The highest BCUT2D eigenvalue weighted by atomic mass is 79.9. The topological polar surface area (TPSA) is 33.0 Å². The van der Waals surface area contributed by atoms with Gasteiger partial charge in [0.2, 0.25) is 0 Å². The highest BCUT2D eigenvalue weighted by molar-refractivity contribution is 9.10. The van der Waals surface area contributed by atoms with Gasteiger partial charge in [-0.15, -0.1) is 0 Å². The van der Waals surface area contributed by atoms with Gasteiger partial charge < -0.3 is 4.74 Å². The molecular weight excluding hydrogens is 302 g/mol. The van der Waals surface area contributed by atoms with Crippen molar-refractivity contribution in [3.05, 3.63) is 58.1 Å². The first-order valence-electron chi connectivity index (χ1n) is 6.07. The minimum Gasteiger partial charge on any atom is -0.456 e. The lowest BCUT2D eigenvalue weighted by molar-refractivity contribution is 0.479. The fourth-order valence-corrected chi connectivity index (χ4v) is 2.08. The Balaban J connectivity index is 2.33. The maximum atomic E-state index is 9.08. The molecule has 0 saturated heterocycles. The Morgan fingerprint density at radius 3 is 2.63 bits per heavy atom. The molecule has 2 rings (SSSR count). The van der Waals surface area contributed by atoms with E-state index in [9.17, 15) is 0 Å². The van der Waals surface area contributed by atoms with E-state index in [-0.39, 0.29) is 0 Å². The molecule has 0 atom stereocenters. The van der Waals surface area contributed by atoms with Crippen molar-refractivity contribution < 1.29 is 4.74 Å². The third-order valence-corrected chi connectivity index (χ3v) is 3.31. The first-order chi connectivity index (χ1) is 9.10. The van der Waals surface area contributed by atoms with Crippen LogP contribution in [0.1, 0.15) is 30.9 Å². The average molecular weight is 316 g/mol. The maximum Gasteiger partial charge on any atom is 0.146 e. The fourth-order valence-electron chi connectivity index (χ4n) is 1.74. The summed E-state index contributed by atoms with van der Waals surface area (Å²) in [4.78, 5) is 0. The Morgan fingerprint density at radius 2 is 1.95 bits per heavy atom. The second-order valence-electron chi connectivity index (χ2n) is 4.58. The van der Waals surface area contributed by atoms with Gasteiger partial charge in [-0.2, -0.15) is 5.26 Å². The normalized spacial score (nSPS) is 10.3. The van der Waals surface area contributed by atoms with E-state index < -0.39 is 0 Å². The molecule has 0 aliphatic rings. The molecule has 2 aromatic carbocycles. The lowest BCUT2D eigenvalue weighted by Gasteiger charge is -2.11. The van der Waals surface area contributed by atoms with Crippen LogP contribution in [0.2, 0.25) is 0 Å². The zero-order valence-electron chi connectivity index (χ0n) is 10.9. The predicted molar refractivity (Wildman–Crippen MR) is 79.5 cm³/mol. The van der Waals surface area contributed by atoms with Gasteiger partial charge in [0.05, 0.1) is 5.56 Å². The molecule has 0 heterocycles. The molecule has 96 valence electrons. The summed E-state index contributed by atoms with van der Waals surface area (Å²) in [5.41, 5.74) is 1.74. The summed E-state index contributed by atoms with van der Waals surface area (Å²) in [6.07, 6.45) is 0. The van der Waals surface area contributed by atoms with Gasteiger partial charge in [0.25, 0.3) is 0 Å². The molecule has 0 bridgehead atoms. The van der Waals surface area contributed by atoms with Gasteiger partial charge in [-0.25, -0.2) is 0 Å². The highest BCUT2D eigenvalue weighted by Gasteiger charge is 2.07. The number of hydrogen-bond donors (Lipinski definition) is 0. The monoisotopic (exact) mass is 315 g/mol. The van der Waals surface area contributed by atoms with Crippen LogP contribution >= 0.6 is 15.9 Å². The van der Waals surface area contributed by atoms with Crippen LogP contribution in [0.15, 0.2) is 46.9 Å². The fraction of sp³-hybridized carbons (Fsp3) is 0.188. The van der Waals surface area contributed by atoms with E-state index in [4.69, 9.17) is 10.00 Å². The molecule has 0 fully saturated rings. The largest absolute Gasteiger partial charge is 0.456 e. The lowest BCUT2D eigenvalue weighted by Crippen LogP contribution is -1.91. The SMILES string of the molecule is CC(C)c1cccc(Oc2cc(Br)ccc2C#N)c1. The lowest BCUT2D eigenvalue weighted by atomic mass is 10.0. The van der Waals surface area contributed by atoms with E-state index in [0.717, 1.165) is 10.2 Å². The molecular formula is C16H14BrNO. The predicted octanol–water partition coefficient (Wildman–Crippen LogP) is 5.24. The van der Waals surface area contributed by atoms with Gasteiger partial charge in [0.15, 0.2) is 0 Å². The van der Waals surface area contributed by atoms with Crippen molar-refractivity contribution >= 4 is 15.9 Å². The molecule has 0 unspecified atom stereocenters. The number of benzene rings is 2. The number of hydrogen-bond acceptors (Lipinski definition) is 2. The summed E-state index contributed by atoms with van der Waals surface area (Å²) in [6, 6.07) is 15.5. The zero-order chi connectivity index (χ0) is 13.8. The van der Waals surface area contributed by atoms with Crippen LogP contribution in [0.3, 0.4) is 0 Å². The first kappa shape index (κ1) is 13.6. The summed E-state index contributed by atoms with van der Waals surface area (Å²) < 4.78 is 6.71. The van der Waals surface area contributed by atoms with Gasteiger partial charge in [-0.05, 0) is 41.8 Å². The molecule has 3 heteroatoms. The van der Waals surface area contributed by atoms with Gasteiger partial charge in [0, 0.05) is 4.47 Å². The van der Waals surface area contributed by atoms with E-state index in [1.165, 1.54) is 5.56 Å². The minimum absolute atomic E-state index is 0.446. The zero-order valence-corrected chi connectivity index (χ0v) is 12.4. The minimum atomic E-state index is 0.446. The summed E-state index contributed by atoms with van der Waals surface area (Å²) in [5, 5.41) is 9.08. The molecule has 0 amide bonds. The molecule has 2 nitrogen and oxygen atoms in total. The van der Waals surface area contributed by atoms with Gasteiger partial charge >= 0.3 is 0 Å². The quantitative estimate of drug-likeness (QED) is 0.776. The second-order valence-corrected chi connectivity index (χ2v) is 5.50. The molecule has 0 radical (unpaired) electrons. The molecule has 0 aromatic heterocycles. The molecule has 0 N–H and O–H groups in total. The van der Waals surface area contributed by atoms with Crippen LogP contribution in [-0.2, 0) is 0 Å². The van der Waals surface area contributed by atoms with Crippen molar-refractivity contribution in [3.8, 4) is 17.6 Å². The third-order valence-electron chi connectivity index (χ3n) is 2.82. The molecule has 0 aliphatic carbocycles. The van der Waals surface area contributed by atoms with Crippen molar-refractivity contribution in [2.24, 2.45) is 0 Å². The molecule has 0 spiro atoms. The average Bonchev–Trinajstić information content (AvgIpc) is 2.39.